The van der Waals surface area contributed by atoms with Gasteiger partial charge in [0.15, 0.2) is 6.61 Å². The molecule has 0 spiro atoms. The summed E-state index contributed by atoms with van der Waals surface area (Å²) in [4.78, 5) is 37.8. The fourth-order valence-electron chi connectivity index (χ4n) is 2.96. The van der Waals surface area contributed by atoms with Gasteiger partial charge in [0.25, 0.3) is 5.91 Å². The van der Waals surface area contributed by atoms with Crippen LogP contribution in [-0.2, 0) is 16.1 Å². The number of carbonyl (C=O) groups is 2. The fourth-order valence-corrected chi connectivity index (χ4v) is 3.23. The number of carbonyl (C=O) groups excluding carboxylic acids is 2. The molecule has 0 saturated heterocycles. The van der Waals surface area contributed by atoms with Crippen molar-refractivity contribution in [3.8, 4) is 11.5 Å². The Morgan fingerprint density at radius 1 is 1.18 bits per heavy atom. The third kappa shape index (κ3) is 7.45. The number of nitrogens with one attached hydrogen (secondary N) is 1. The molecule has 0 aliphatic heterocycles. The van der Waals surface area contributed by atoms with Crippen molar-refractivity contribution in [3.05, 3.63) is 62.6 Å². The van der Waals surface area contributed by atoms with Gasteiger partial charge in [0, 0.05) is 29.2 Å². The van der Waals surface area contributed by atoms with Crippen molar-refractivity contribution < 1.29 is 24.0 Å². The summed E-state index contributed by atoms with van der Waals surface area (Å²) in [5, 5.41) is 14.0. The molecule has 0 fully saturated rings. The molecular weight excluding hydrogens is 494 g/mol. The van der Waals surface area contributed by atoms with Crippen LogP contribution in [0.5, 0.6) is 11.5 Å². The number of methoxy groups -OCH3 is 1. The average molecular weight is 522 g/mol. The molecule has 0 radical (unpaired) electrons. The van der Waals surface area contributed by atoms with Crippen molar-refractivity contribution in [1.82, 2.24) is 10.2 Å². The number of benzene rings is 2. The number of hydrogen-bond donors (Lipinski definition) is 1. The van der Waals surface area contributed by atoms with Crippen LogP contribution in [0.3, 0.4) is 0 Å². The molecule has 2 rings (SSSR count). The van der Waals surface area contributed by atoms with Gasteiger partial charge in [0.2, 0.25) is 11.7 Å². The topological polar surface area (TPSA) is 111 Å². The fraction of sp³-hybridized carbons (Fsp3) is 0.391. The van der Waals surface area contributed by atoms with E-state index in [2.05, 4.69) is 21.2 Å². The number of hydrogen-bond acceptors (Lipinski definition) is 6. The first-order chi connectivity index (χ1) is 15.7. The highest BCUT2D eigenvalue weighted by Gasteiger charge is 2.27. The quantitative estimate of drug-likeness (QED) is 0.352. The van der Waals surface area contributed by atoms with Gasteiger partial charge < -0.3 is 19.7 Å². The number of nitro benzene ring substituents is 1. The third-order valence-electron chi connectivity index (χ3n) is 5.14. The molecule has 0 saturated carbocycles. The summed E-state index contributed by atoms with van der Waals surface area (Å²) in [7, 11) is 1.31. The molecular formula is C23H28BrN3O6. The van der Waals surface area contributed by atoms with Gasteiger partial charge in [-0.05, 0) is 44.0 Å². The maximum atomic E-state index is 13.1. The Hall–Kier alpha value is -3.14. The summed E-state index contributed by atoms with van der Waals surface area (Å²) in [6.07, 6.45) is 0.768. The molecule has 10 heteroatoms. The molecule has 0 bridgehead atoms. The number of halogens is 1. The molecule has 0 heterocycles. The van der Waals surface area contributed by atoms with E-state index in [-0.39, 0.29) is 42.3 Å². The van der Waals surface area contributed by atoms with Crippen molar-refractivity contribution in [3.63, 3.8) is 0 Å². The average Bonchev–Trinajstić information content (AvgIpc) is 2.81. The molecule has 0 aliphatic carbocycles. The zero-order valence-electron chi connectivity index (χ0n) is 19.0. The standard InChI is InChI=1S/C23H28BrN3O6/c1-5-15(2)25-23(29)16(3)26(13-17-6-8-18(24)9-7-17)22(28)14-33-19-10-11-20(27(30)31)21(12-19)32-4/h6-12,15-16H,5,13-14H2,1-4H3,(H,25,29)/t15-,16-/m0/s1. The van der Waals surface area contributed by atoms with Crippen LogP contribution in [-0.4, -0.2) is 47.4 Å². The monoisotopic (exact) mass is 521 g/mol. The van der Waals surface area contributed by atoms with E-state index >= 15 is 0 Å². The highest BCUT2D eigenvalue weighted by molar-refractivity contribution is 9.10. The molecule has 33 heavy (non-hydrogen) atoms. The summed E-state index contributed by atoms with van der Waals surface area (Å²) < 4.78 is 11.5. The van der Waals surface area contributed by atoms with Crippen molar-refractivity contribution >= 4 is 33.4 Å². The Bertz CT molecular complexity index is 983. The maximum absolute atomic E-state index is 13.1. The van der Waals surface area contributed by atoms with E-state index in [4.69, 9.17) is 9.47 Å². The molecule has 2 atom stereocenters. The molecule has 0 unspecified atom stereocenters. The number of ether oxygens (including phenoxy) is 2. The Labute approximate surface area is 201 Å². The lowest BCUT2D eigenvalue weighted by molar-refractivity contribution is -0.385. The summed E-state index contributed by atoms with van der Waals surface area (Å²) >= 11 is 3.39. The highest BCUT2D eigenvalue weighted by Crippen LogP contribution is 2.30. The molecule has 0 aromatic heterocycles. The minimum Gasteiger partial charge on any atom is -0.490 e. The van der Waals surface area contributed by atoms with Crippen molar-refractivity contribution in [2.45, 2.75) is 45.8 Å². The second-order valence-corrected chi connectivity index (χ2v) is 8.44. The summed E-state index contributed by atoms with van der Waals surface area (Å²) in [5.41, 5.74) is 0.648. The smallest absolute Gasteiger partial charge is 0.311 e. The van der Waals surface area contributed by atoms with Gasteiger partial charge in [-0.1, -0.05) is 35.0 Å². The van der Waals surface area contributed by atoms with Crippen LogP contribution >= 0.6 is 15.9 Å². The SMILES string of the molecule is CC[C@H](C)NC(=O)[C@H](C)N(Cc1ccc(Br)cc1)C(=O)COc1ccc([N+](=O)[O-])c(OC)c1. The van der Waals surface area contributed by atoms with E-state index in [1.165, 1.54) is 30.2 Å². The van der Waals surface area contributed by atoms with Crippen molar-refractivity contribution in [2.24, 2.45) is 0 Å². The molecule has 178 valence electrons. The Kier molecular flexibility index (Phi) is 9.65. The first-order valence-electron chi connectivity index (χ1n) is 10.5. The van der Waals surface area contributed by atoms with Gasteiger partial charge in [-0.2, -0.15) is 0 Å². The molecule has 0 aliphatic rings. The van der Waals surface area contributed by atoms with E-state index in [0.717, 1.165) is 16.5 Å². The van der Waals surface area contributed by atoms with Crippen LogP contribution in [0.15, 0.2) is 46.9 Å². The van der Waals surface area contributed by atoms with E-state index < -0.39 is 16.9 Å². The van der Waals surface area contributed by atoms with E-state index in [9.17, 15) is 19.7 Å². The summed E-state index contributed by atoms with van der Waals surface area (Å²) in [6.45, 7) is 5.40. The zero-order chi connectivity index (χ0) is 24.5. The van der Waals surface area contributed by atoms with E-state index in [1.807, 2.05) is 38.1 Å². The minimum atomic E-state index is -0.731. The van der Waals surface area contributed by atoms with Crippen LogP contribution in [0.4, 0.5) is 5.69 Å². The van der Waals surface area contributed by atoms with Crippen LogP contribution in [0.2, 0.25) is 0 Å². The lowest BCUT2D eigenvalue weighted by atomic mass is 10.1. The second-order valence-electron chi connectivity index (χ2n) is 7.52. The summed E-state index contributed by atoms with van der Waals surface area (Å²) in [6, 6.07) is 10.7. The van der Waals surface area contributed by atoms with Crippen molar-refractivity contribution in [2.75, 3.05) is 13.7 Å². The Morgan fingerprint density at radius 3 is 2.42 bits per heavy atom. The highest BCUT2D eigenvalue weighted by atomic mass is 79.9. The van der Waals surface area contributed by atoms with Gasteiger partial charge in [-0.25, -0.2) is 0 Å². The number of rotatable bonds is 11. The Balaban J connectivity index is 2.19. The van der Waals surface area contributed by atoms with Gasteiger partial charge in [0.05, 0.1) is 12.0 Å². The van der Waals surface area contributed by atoms with Crippen molar-refractivity contribution in [1.29, 1.82) is 0 Å². The minimum absolute atomic E-state index is 0.0200. The van der Waals surface area contributed by atoms with Gasteiger partial charge >= 0.3 is 5.69 Å². The Morgan fingerprint density at radius 2 is 1.85 bits per heavy atom. The number of nitrogens with zero attached hydrogens (tertiary/aromatic N) is 2. The van der Waals surface area contributed by atoms with Gasteiger partial charge in [-0.15, -0.1) is 0 Å². The normalized spacial score (nSPS) is 12.4. The van der Waals surface area contributed by atoms with Crippen LogP contribution < -0.4 is 14.8 Å². The molecule has 1 N–H and O–H groups in total. The molecule has 2 aromatic rings. The first kappa shape index (κ1) is 26.1. The molecule has 2 aromatic carbocycles. The largest absolute Gasteiger partial charge is 0.490 e. The third-order valence-corrected chi connectivity index (χ3v) is 5.67. The number of nitro groups is 1. The first-order valence-corrected chi connectivity index (χ1v) is 11.2. The van der Waals surface area contributed by atoms with E-state index in [1.54, 1.807) is 6.92 Å². The zero-order valence-corrected chi connectivity index (χ0v) is 20.6. The van der Waals surface area contributed by atoms with Gasteiger partial charge in [0.1, 0.15) is 11.8 Å². The lowest BCUT2D eigenvalue weighted by Gasteiger charge is -2.29. The van der Waals surface area contributed by atoms with Crippen LogP contribution in [0.1, 0.15) is 32.8 Å². The van der Waals surface area contributed by atoms with Crippen LogP contribution in [0, 0.1) is 10.1 Å². The van der Waals surface area contributed by atoms with E-state index in [0.29, 0.717) is 0 Å². The molecule has 2 amide bonds. The number of amides is 2. The summed E-state index contributed by atoms with van der Waals surface area (Å²) in [5.74, 6) is -0.391. The maximum Gasteiger partial charge on any atom is 0.311 e. The second kappa shape index (κ2) is 12.2. The lowest BCUT2D eigenvalue weighted by Crippen LogP contribution is -2.50. The predicted molar refractivity (Wildman–Crippen MR) is 127 cm³/mol. The predicted octanol–water partition coefficient (Wildman–Crippen LogP) is 4.08. The molecule has 9 nitrogen and oxygen atoms in total. The van der Waals surface area contributed by atoms with Crippen LogP contribution in [0.25, 0.3) is 0 Å². The van der Waals surface area contributed by atoms with Gasteiger partial charge in [-0.3, -0.25) is 19.7 Å².